The van der Waals surface area contributed by atoms with Gasteiger partial charge in [0.15, 0.2) is 5.78 Å². The molecule has 10 nitrogen and oxygen atoms in total. The molecule has 1 aliphatic heterocycles. The highest BCUT2D eigenvalue weighted by Crippen LogP contribution is 2.15. The van der Waals surface area contributed by atoms with Crippen LogP contribution in [0.2, 0.25) is 0 Å². The Labute approximate surface area is 200 Å². The number of ketones is 1. The van der Waals surface area contributed by atoms with Crippen molar-refractivity contribution in [3.8, 4) is 0 Å². The Hall–Kier alpha value is -3.43. The fraction of sp³-hybridized carbons (Fsp3) is 0.542. The molecule has 1 rings (SSSR count). The van der Waals surface area contributed by atoms with Gasteiger partial charge in [0, 0.05) is 33.0 Å². The van der Waals surface area contributed by atoms with Crippen LogP contribution < -0.4 is 16.0 Å². The molecule has 2 atom stereocenters. The van der Waals surface area contributed by atoms with Crippen LogP contribution in [0, 0.1) is 5.92 Å². The zero-order valence-corrected chi connectivity index (χ0v) is 20.4. The van der Waals surface area contributed by atoms with Crippen LogP contribution in [-0.4, -0.2) is 67.2 Å². The van der Waals surface area contributed by atoms with Crippen molar-refractivity contribution >= 4 is 29.5 Å². The monoisotopic (exact) mass is 476 g/mol. The van der Waals surface area contributed by atoms with Crippen LogP contribution in [0.4, 0.5) is 0 Å². The molecule has 1 saturated heterocycles. The highest BCUT2D eigenvalue weighted by molar-refractivity contribution is 5.99. The number of hydrogen-bond acceptors (Lipinski definition) is 7. The van der Waals surface area contributed by atoms with Crippen molar-refractivity contribution in [2.45, 2.75) is 52.5 Å². The summed E-state index contributed by atoms with van der Waals surface area (Å²) in [6.07, 6.45) is 9.94. The number of carbonyl (C=O) groups excluding carboxylic acids is 5. The lowest BCUT2D eigenvalue weighted by Gasteiger charge is -2.30. The first-order chi connectivity index (χ1) is 16.1. The fourth-order valence-electron chi connectivity index (χ4n) is 3.38. The third kappa shape index (κ3) is 11.4. The lowest BCUT2D eigenvalue weighted by atomic mass is 10.0. The maximum absolute atomic E-state index is 12.6. The zero-order valence-electron chi connectivity index (χ0n) is 20.4. The average molecular weight is 477 g/mol. The molecule has 1 aliphatic rings. The van der Waals surface area contributed by atoms with E-state index in [1.165, 1.54) is 51.5 Å². The van der Waals surface area contributed by atoms with Crippen molar-refractivity contribution in [3.05, 3.63) is 36.2 Å². The van der Waals surface area contributed by atoms with E-state index in [0.29, 0.717) is 12.3 Å². The highest BCUT2D eigenvalue weighted by Gasteiger charge is 2.21. The molecule has 0 aromatic heterocycles. The number of Topliss-reactive ketones (excluding diaryl/α,β-unsaturated/α-hetero) is 1. The summed E-state index contributed by atoms with van der Waals surface area (Å²) in [6, 6.07) is -0.894. The van der Waals surface area contributed by atoms with Crippen LogP contribution in [-0.2, 0) is 28.7 Å². The topological polar surface area (TPSA) is 134 Å². The first-order valence-electron chi connectivity index (χ1n) is 11.3. The maximum Gasteiger partial charge on any atom is 0.330 e. The van der Waals surface area contributed by atoms with E-state index in [9.17, 15) is 24.0 Å². The molecule has 3 N–H and O–H groups in total. The average Bonchev–Trinajstić information content (AvgIpc) is 2.79. The van der Waals surface area contributed by atoms with Gasteiger partial charge >= 0.3 is 5.97 Å². The van der Waals surface area contributed by atoms with Crippen LogP contribution in [0.5, 0.6) is 0 Å². The Kier molecular flexibility index (Phi) is 13.0. The van der Waals surface area contributed by atoms with Crippen LogP contribution in [0.15, 0.2) is 36.2 Å². The Morgan fingerprint density at radius 2 is 1.91 bits per heavy atom. The second-order valence-electron chi connectivity index (χ2n) is 8.21. The summed E-state index contributed by atoms with van der Waals surface area (Å²) < 4.78 is 4.50. The molecule has 3 amide bonds. The van der Waals surface area contributed by atoms with Crippen molar-refractivity contribution in [3.63, 3.8) is 0 Å². The molecular weight excluding hydrogens is 440 g/mol. The number of methoxy groups -OCH3 is 1. The Balaban J connectivity index is 2.64. The molecule has 1 fully saturated rings. The van der Waals surface area contributed by atoms with Crippen LogP contribution >= 0.6 is 0 Å². The van der Waals surface area contributed by atoms with Crippen molar-refractivity contribution in [2.24, 2.45) is 5.92 Å². The lowest BCUT2D eigenvalue weighted by molar-refractivity contribution is -0.135. The van der Waals surface area contributed by atoms with Crippen molar-refractivity contribution in [1.29, 1.82) is 0 Å². The van der Waals surface area contributed by atoms with Gasteiger partial charge in [-0.05, 0) is 50.0 Å². The molecule has 0 aliphatic carbocycles. The Bertz CT molecular complexity index is 833. The van der Waals surface area contributed by atoms with E-state index < -0.39 is 23.8 Å². The standard InChI is InChI=1S/C24H36N4O6/c1-17-9-8-14-28(16-17)22(31)15-25-13-7-11-20(18(2)29)27-24(33)21(26-19(3)30)10-5-6-12-23(32)34-4/h6-7,11-13,17,21,25H,5,8-10,14-16H2,1-4H3,(H,26,30)(H,27,33)/b12-6+,13-7-,20-11+/t17?,21-/m0/s1. The molecule has 1 heterocycles. The van der Waals surface area contributed by atoms with Gasteiger partial charge in [-0.25, -0.2) is 4.79 Å². The van der Waals surface area contributed by atoms with Gasteiger partial charge in [-0.15, -0.1) is 0 Å². The number of ether oxygens (including phenoxy) is 1. The van der Waals surface area contributed by atoms with Gasteiger partial charge in [-0.1, -0.05) is 13.0 Å². The summed E-state index contributed by atoms with van der Waals surface area (Å²) in [6.45, 7) is 6.39. The van der Waals surface area contributed by atoms with Gasteiger partial charge < -0.3 is 25.6 Å². The van der Waals surface area contributed by atoms with E-state index in [4.69, 9.17) is 0 Å². The third-order valence-electron chi connectivity index (χ3n) is 5.15. The number of piperidine rings is 1. The predicted molar refractivity (Wildman–Crippen MR) is 127 cm³/mol. The molecule has 188 valence electrons. The van der Waals surface area contributed by atoms with Crippen molar-refractivity contribution in [2.75, 3.05) is 26.7 Å². The normalized spacial score (nSPS) is 17.4. The van der Waals surface area contributed by atoms with E-state index in [2.05, 4.69) is 27.6 Å². The molecule has 0 radical (unpaired) electrons. The smallest absolute Gasteiger partial charge is 0.330 e. The summed E-state index contributed by atoms with van der Waals surface area (Å²) >= 11 is 0. The zero-order chi connectivity index (χ0) is 25.5. The number of allylic oxidation sites excluding steroid dienone is 4. The highest BCUT2D eigenvalue weighted by atomic mass is 16.5. The summed E-state index contributed by atoms with van der Waals surface area (Å²) in [4.78, 5) is 61.3. The summed E-state index contributed by atoms with van der Waals surface area (Å²) in [7, 11) is 1.26. The number of nitrogens with zero attached hydrogens (tertiary/aromatic N) is 1. The van der Waals surface area contributed by atoms with E-state index in [0.717, 1.165) is 25.9 Å². The van der Waals surface area contributed by atoms with Crippen LogP contribution in [0.1, 0.15) is 46.5 Å². The number of hydrogen-bond donors (Lipinski definition) is 3. The van der Waals surface area contributed by atoms with E-state index in [1.54, 1.807) is 0 Å². The number of likely N-dealkylation sites (tertiary alicyclic amines) is 1. The number of esters is 1. The van der Waals surface area contributed by atoms with E-state index in [1.807, 2.05) is 4.90 Å². The largest absolute Gasteiger partial charge is 0.466 e. The van der Waals surface area contributed by atoms with Crippen LogP contribution in [0.3, 0.4) is 0 Å². The van der Waals surface area contributed by atoms with E-state index in [-0.39, 0.29) is 30.4 Å². The second-order valence-corrected chi connectivity index (χ2v) is 8.21. The maximum atomic E-state index is 12.6. The lowest BCUT2D eigenvalue weighted by Crippen LogP contribution is -2.46. The van der Waals surface area contributed by atoms with Gasteiger partial charge in [0.2, 0.25) is 17.7 Å². The molecule has 10 heteroatoms. The molecule has 0 saturated carbocycles. The number of nitrogens with one attached hydrogen (secondary N) is 3. The number of carbonyl (C=O) groups is 5. The van der Waals surface area contributed by atoms with Gasteiger partial charge in [-0.2, -0.15) is 0 Å². The molecule has 1 unspecified atom stereocenters. The van der Waals surface area contributed by atoms with Gasteiger partial charge in [0.05, 0.1) is 19.4 Å². The number of amides is 3. The first kappa shape index (κ1) is 28.6. The first-order valence-corrected chi connectivity index (χ1v) is 11.3. The van der Waals surface area contributed by atoms with Gasteiger partial charge in [-0.3, -0.25) is 19.2 Å². The molecule has 0 aromatic rings. The Morgan fingerprint density at radius 1 is 1.18 bits per heavy atom. The minimum absolute atomic E-state index is 0.0136. The summed E-state index contributed by atoms with van der Waals surface area (Å²) in [5.41, 5.74) is 0.0414. The van der Waals surface area contributed by atoms with Gasteiger partial charge in [0.1, 0.15) is 6.04 Å². The third-order valence-corrected chi connectivity index (χ3v) is 5.15. The van der Waals surface area contributed by atoms with Gasteiger partial charge in [0.25, 0.3) is 0 Å². The number of rotatable bonds is 12. The minimum atomic E-state index is -0.894. The van der Waals surface area contributed by atoms with Crippen molar-refractivity contribution < 1.29 is 28.7 Å². The minimum Gasteiger partial charge on any atom is -0.466 e. The fourth-order valence-corrected chi connectivity index (χ4v) is 3.38. The van der Waals surface area contributed by atoms with Crippen LogP contribution in [0.25, 0.3) is 0 Å². The molecule has 0 spiro atoms. The van der Waals surface area contributed by atoms with Crippen molar-refractivity contribution in [1.82, 2.24) is 20.9 Å². The SMILES string of the molecule is COC(=O)/C=C/CC[C@H](NC(C)=O)C(=O)N/C(=C/C=C\NCC(=O)N1CCCC(C)C1)C(C)=O. The predicted octanol–water partition coefficient (Wildman–Crippen LogP) is 0.951. The Morgan fingerprint density at radius 3 is 2.53 bits per heavy atom. The van der Waals surface area contributed by atoms with E-state index >= 15 is 0 Å². The molecule has 34 heavy (non-hydrogen) atoms. The molecular formula is C24H36N4O6. The molecule has 0 bridgehead atoms. The summed E-state index contributed by atoms with van der Waals surface area (Å²) in [5, 5.41) is 7.96. The molecule has 0 aromatic carbocycles. The second kappa shape index (κ2) is 15.4. The quantitative estimate of drug-likeness (QED) is 0.217. The summed E-state index contributed by atoms with van der Waals surface area (Å²) in [5.74, 6) is -1.33.